The highest BCUT2D eigenvalue weighted by molar-refractivity contribution is 6.59. The van der Waals surface area contributed by atoms with Crippen LogP contribution in [0.1, 0.15) is 60.9 Å². The first-order valence-electron chi connectivity index (χ1n) is 10.1. The van der Waals surface area contributed by atoms with Gasteiger partial charge in [0.05, 0.1) is 5.56 Å². The molecule has 1 radical (unpaired) electrons. The average Bonchev–Trinajstić information content (AvgIpc) is 2.70. The molecule has 1 heterocycles. The third-order valence-corrected chi connectivity index (χ3v) is 8.52. The van der Waals surface area contributed by atoms with E-state index in [-0.39, 0.29) is 14.6 Å². The molecule has 0 saturated carbocycles. The van der Waals surface area contributed by atoms with E-state index in [1.165, 1.54) is 80.1 Å². The highest BCUT2D eigenvalue weighted by Crippen LogP contribution is 2.35. The fraction of sp³-hybridized carbons (Fsp3) is 0.435. The Balaban J connectivity index is 1.51. The zero-order chi connectivity index (χ0) is 19.1. The molecule has 0 aliphatic carbocycles. The fourth-order valence-corrected chi connectivity index (χ4v) is 6.81. The van der Waals surface area contributed by atoms with Crippen LogP contribution in [0, 0.1) is 5.82 Å². The molecule has 1 aliphatic rings. The van der Waals surface area contributed by atoms with E-state index in [1.54, 1.807) is 0 Å². The Kier molecular flexibility index (Phi) is 7.22. The smallest absolute Gasteiger partial charge is 0.343 e. The summed E-state index contributed by atoms with van der Waals surface area (Å²) in [6.45, 7) is 2.27. The van der Waals surface area contributed by atoms with Crippen molar-refractivity contribution in [2.75, 3.05) is 0 Å². The lowest BCUT2D eigenvalue weighted by Crippen LogP contribution is -2.20. The third kappa shape index (κ3) is 5.77. The second-order valence-electron chi connectivity index (χ2n) is 7.45. The van der Waals surface area contributed by atoms with E-state index in [0.29, 0.717) is 17.2 Å². The number of benzene rings is 2. The molecule has 0 spiro atoms. The van der Waals surface area contributed by atoms with Gasteiger partial charge in [-0.25, -0.2) is 9.18 Å². The van der Waals surface area contributed by atoms with Gasteiger partial charge in [0.1, 0.15) is 11.6 Å². The lowest BCUT2D eigenvalue weighted by atomic mass is 9.93. The van der Waals surface area contributed by atoms with Crippen LogP contribution in [-0.2, 0) is 0 Å². The zero-order valence-corrected chi connectivity index (χ0v) is 17.0. The molecule has 27 heavy (non-hydrogen) atoms. The minimum atomic E-state index is -0.404. The van der Waals surface area contributed by atoms with E-state index < -0.39 is 5.97 Å². The maximum absolute atomic E-state index is 12.9. The molecule has 0 amide bonds. The molecule has 2 aromatic carbocycles. The highest BCUT2D eigenvalue weighted by Gasteiger charge is 2.23. The van der Waals surface area contributed by atoms with Gasteiger partial charge >= 0.3 is 5.97 Å². The summed E-state index contributed by atoms with van der Waals surface area (Å²) in [5.74, 6) is 0.238. The number of ether oxygens (including phenoxy) is 1. The number of rotatable bonds is 7. The molecule has 4 heteroatoms. The van der Waals surface area contributed by atoms with Crippen LogP contribution >= 0.6 is 0 Å². The normalized spacial score (nSPS) is 15.6. The second kappa shape index (κ2) is 9.84. The first-order chi connectivity index (χ1) is 13.2. The van der Waals surface area contributed by atoms with Crippen molar-refractivity contribution in [1.29, 1.82) is 0 Å². The van der Waals surface area contributed by atoms with Crippen LogP contribution in [0.15, 0.2) is 48.5 Å². The van der Waals surface area contributed by atoms with E-state index in [9.17, 15) is 9.18 Å². The molecule has 0 aromatic heterocycles. The minimum absolute atomic E-state index is 0.119. The number of hydrogen-bond acceptors (Lipinski definition) is 2. The van der Waals surface area contributed by atoms with Crippen molar-refractivity contribution in [3.8, 4) is 5.75 Å². The first kappa shape index (κ1) is 19.8. The lowest BCUT2D eigenvalue weighted by Gasteiger charge is -2.27. The second-order valence-corrected chi connectivity index (χ2v) is 10.4. The number of carbonyl (C=O) groups excluding carboxylic acids is 1. The van der Waals surface area contributed by atoms with Crippen molar-refractivity contribution in [3.05, 3.63) is 65.5 Å². The van der Waals surface area contributed by atoms with Crippen LogP contribution in [0.25, 0.3) is 0 Å². The Labute approximate surface area is 163 Å². The van der Waals surface area contributed by atoms with Gasteiger partial charge in [-0.15, -0.1) is 0 Å². The Morgan fingerprint density at radius 2 is 1.70 bits per heavy atom. The van der Waals surface area contributed by atoms with Crippen molar-refractivity contribution in [2.45, 2.75) is 63.1 Å². The van der Waals surface area contributed by atoms with E-state index in [0.717, 1.165) is 0 Å². The van der Waals surface area contributed by atoms with Crippen LogP contribution < -0.4 is 4.74 Å². The summed E-state index contributed by atoms with van der Waals surface area (Å²) in [7, 11) is -0.119. The number of hydrogen-bond donors (Lipinski definition) is 0. The van der Waals surface area contributed by atoms with Crippen molar-refractivity contribution in [3.63, 3.8) is 0 Å². The van der Waals surface area contributed by atoms with Gasteiger partial charge in [0.15, 0.2) is 0 Å². The van der Waals surface area contributed by atoms with Crippen molar-refractivity contribution in [1.82, 2.24) is 0 Å². The summed E-state index contributed by atoms with van der Waals surface area (Å²) in [6, 6.07) is 17.7. The number of esters is 1. The molecule has 143 valence electrons. The van der Waals surface area contributed by atoms with Gasteiger partial charge in [-0.05, 0) is 60.7 Å². The zero-order valence-electron chi connectivity index (χ0n) is 16.0. The summed E-state index contributed by atoms with van der Waals surface area (Å²) in [5, 5.41) is 0. The molecule has 1 aliphatic heterocycles. The molecule has 0 unspecified atom stereocenters. The number of unbranched alkanes of at least 4 members (excludes halogenated alkanes) is 2. The van der Waals surface area contributed by atoms with Crippen molar-refractivity contribution >= 4 is 14.8 Å². The molecule has 0 N–H and O–H groups in total. The molecule has 2 aromatic rings. The van der Waals surface area contributed by atoms with Crippen molar-refractivity contribution in [2.24, 2.45) is 0 Å². The van der Waals surface area contributed by atoms with Crippen molar-refractivity contribution < 1.29 is 13.9 Å². The topological polar surface area (TPSA) is 26.3 Å². The Morgan fingerprint density at radius 3 is 2.33 bits per heavy atom. The van der Waals surface area contributed by atoms with E-state index in [1.807, 2.05) is 12.1 Å². The monoisotopic (exact) mass is 383 g/mol. The van der Waals surface area contributed by atoms with Crippen LogP contribution in [0.4, 0.5) is 4.39 Å². The summed E-state index contributed by atoms with van der Waals surface area (Å²) in [6.07, 6.45) is 6.70. The molecule has 2 nitrogen and oxygen atoms in total. The van der Waals surface area contributed by atoms with Gasteiger partial charge in [0.25, 0.3) is 0 Å². The Hall–Kier alpha value is -1.94. The summed E-state index contributed by atoms with van der Waals surface area (Å²) in [5.41, 5.74) is 1.87. The predicted octanol–water partition coefficient (Wildman–Crippen LogP) is 6.61. The van der Waals surface area contributed by atoms with E-state index >= 15 is 0 Å². The SMILES string of the molecule is CCCCC[Si]1CCC(c2ccc(C(=O)Oc3ccc(F)cc3)cc2)CC1. The third-order valence-electron chi connectivity index (χ3n) is 5.47. The predicted molar refractivity (Wildman–Crippen MR) is 109 cm³/mol. The van der Waals surface area contributed by atoms with Gasteiger partial charge in [0.2, 0.25) is 0 Å². The largest absolute Gasteiger partial charge is 0.423 e. The molecule has 0 bridgehead atoms. The first-order valence-corrected chi connectivity index (χ1v) is 12.2. The highest BCUT2D eigenvalue weighted by atomic mass is 28.3. The Bertz CT molecular complexity index is 719. The molecular formula is C23H28FO2Si. The van der Waals surface area contributed by atoms with Crippen LogP contribution in [-0.4, -0.2) is 14.8 Å². The van der Waals surface area contributed by atoms with Crippen LogP contribution in [0.5, 0.6) is 5.75 Å². The lowest BCUT2D eigenvalue weighted by molar-refractivity contribution is 0.0734. The quantitative estimate of drug-likeness (QED) is 0.233. The van der Waals surface area contributed by atoms with E-state index in [2.05, 4.69) is 19.1 Å². The van der Waals surface area contributed by atoms with E-state index in [4.69, 9.17) is 4.74 Å². The number of halogens is 1. The Morgan fingerprint density at radius 1 is 1.04 bits per heavy atom. The maximum Gasteiger partial charge on any atom is 0.343 e. The summed E-state index contributed by atoms with van der Waals surface area (Å²) in [4.78, 5) is 12.2. The van der Waals surface area contributed by atoms with Gasteiger partial charge in [0, 0.05) is 8.80 Å². The van der Waals surface area contributed by atoms with Gasteiger partial charge in [-0.3, -0.25) is 0 Å². The maximum atomic E-state index is 12.9. The summed E-state index contributed by atoms with van der Waals surface area (Å²) >= 11 is 0. The van der Waals surface area contributed by atoms with Gasteiger partial charge in [-0.2, -0.15) is 0 Å². The molecular weight excluding hydrogens is 355 g/mol. The number of carbonyl (C=O) groups is 1. The molecule has 1 fully saturated rings. The standard InChI is InChI=1S/C23H28FO2Si/c1-2-3-4-15-27-16-13-19(14-17-27)18-5-7-20(8-6-18)23(25)26-22-11-9-21(24)10-12-22/h5-12,19H,2-4,13-17H2,1H3. The average molecular weight is 384 g/mol. The molecule has 1 saturated heterocycles. The van der Waals surface area contributed by atoms with Gasteiger partial charge < -0.3 is 4.74 Å². The summed E-state index contributed by atoms with van der Waals surface area (Å²) < 4.78 is 18.2. The fourth-order valence-electron chi connectivity index (χ4n) is 3.79. The van der Waals surface area contributed by atoms with Gasteiger partial charge in [-0.1, -0.05) is 56.5 Å². The van der Waals surface area contributed by atoms with Crippen LogP contribution in [0.3, 0.4) is 0 Å². The minimum Gasteiger partial charge on any atom is -0.423 e. The molecule has 3 rings (SSSR count). The molecule has 0 atom stereocenters. The van der Waals surface area contributed by atoms with Crippen LogP contribution in [0.2, 0.25) is 18.1 Å².